The third-order valence-electron chi connectivity index (χ3n) is 5.50. The van der Waals surface area contributed by atoms with Crippen LogP contribution in [0.25, 0.3) is 11.0 Å². The number of hydrogen-bond acceptors (Lipinski definition) is 6. The number of pyridine rings is 1. The number of fused-ring (bicyclic) bond motifs is 2. The van der Waals surface area contributed by atoms with Crippen molar-refractivity contribution in [3.63, 3.8) is 0 Å². The number of amides is 1. The van der Waals surface area contributed by atoms with E-state index in [9.17, 15) is 4.79 Å². The number of nitrogens with zero attached hydrogens (tertiary/aromatic N) is 3. The van der Waals surface area contributed by atoms with E-state index in [2.05, 4.69) is 26.7 Å². The number of rotatable bonds is 5. The molecule has 7 heteroatoms. The monoisotopic (exact) mass is 376 g/mol. The SMILES string of the molecule is O=C(NCC1CC2=CC(CC2)C1)c1cccnc1Oc1ccc2nonc2c1. The molecule has 0 aliphatic heterocycles. The van der Waals surface area contributed by atoms with Crippen LogP contribution in [0.4, 0.5) is 0 Å². The second kappa shape index (κ2) is 7.07. The molecule has 2 aromatic heterocycles. The van der Waals surface area contributed by atoms with E-state index in [4.69, 9.17) is 9.37 Å². The minimum Gasteiger partial charge on any atom is -0.438 e. The predicted molar refractivity (Wildman–Crippen MR) is 102 cm³/mol. The fraction of sp³-hybridized carbons (Fsp3) is 0.333. The Bertz CT molecular complexity index is 1060. The molecule has 2 unspecified atom stereocenters. The molecule has 1 amide bonds. The van der Waals surface area contributed by atoms with Crippen LogP contribution < -0.4 is 10.1 Å². The van der Waals surface area contributed by atoms with Crippen molar-refractivity contribution in [2.24, 2.45) is 11.8 Å². The van der Waals surface area contributed by atoms with Crippen molar-refractivity contribution in [3.05, 3.63) is 53.7 Å². The van der Waals surface area contributed by atoms with Gasteiger partial charge in [0.25, 0.3) is 5.91 Å². The Labute approximate surface area is 161 Å². The number of nitrogens with one attached hydrogen (secondary N) is 1. The zero-order chi connectivity index (χ0) is 18.9. The first-order valence-corrected chi connectivity index (χ1v) is 9.57. The van der Waals surface area contributed by atoms with Gasteiger partial charge in [0, 0.05) is 18.8 Å². The fourth-order valence-corrected chi connectivity index (χ4v) is 4.18. The van der Waals surface area contributed by atoms with Gasteiger partial charge in [0.2, 0.25) is 5.88 Å². The summed E-state index contributed by atoms with van der Waals surface area (Å²) in [6, 6.07) is 8.65. The van der Waals surface area contributed by atoms with E-state index in [1.165, 1.54) is 12.8 Å². The number of aromatic nitrogens is 3. The smallest absolute Gasteiger partial charge is 0.256 e. The summed E-state index contributed by atoms with van der Waals surface area (Å²) >= 11 is 0. The van der Waals surface area contributed by atoms with E-state index in [1.807, 2.05) is 0 Å². The van der Waals surface area contributed by atoms with E-state index >= 15 is 0 Å². The van der Waals surface area contributed by atoms with Gasteiger partial charge in [-0.3, -0.25) is 4.79 Å². The Morgan fingerprint density at radius 2 is 2.18 bits per heavy atom. The molecule has 0 radical (unpaired) electrons. The molecule has 5 rings (SSSR count). The lowest BCUT2D eigenvalue weighted by Gasteiger charge is -2.22. The van der Waals surface area contributed by atoms with Gasteiger partial charge in [-0.25, -0.2) is 9.61 Å². The molecule has 3 aromatic rings. The molecule has 0 saturated heterocycles. The van der Waals surface area contributed by atoms with E-state index in [-0.39, 0.29) is 11.8 Å². The third-order valence-corrected chi connectivity index (χ3v) is 5.50. The minimum atomic E-state index is -0.167. The van der Waals surface area contributed by atoms with Crippen molar-refractivity contribution < 1.29 is 14.2 Å². The number of benzene rings is 1. The number of allylic oxidation sites excluding steroid dienone is 2. The Morgan fingerprint density at radius 3 is 3.11 bits per heavy atom. The predicted octanol–water partition coefficient (Wildman–Crippen LogP) is 3.89. The second-order valence-corrected chi connectivity index (χ2v) is 7.51. The molecule has 2 aliphatic carbocycles. The van der Waals surface area contributed by atoms with Gasteiger partial charge >= 0.3 is 0 Å². The van der Waals surface area contributed by atoms with Crippen LogP contribution >= 0.6 is 0 Å². The summed E-state index contributed by atoms with van der Waals surface area (Å²) in [5, 5.41) is 10.6. The molecular formula is C21H20N4O3. The first-order chi connectivity index (χ1) is 13.7. The van der Waals surface area contributed by atoms with Gasteiger partial charge in [-0.1, -0.05) is 11.6 Å². The molecule has 0 spiro atoms. The van der Waals surface area contributed by atoms with Crippen LogP contribution in [0.5, 0.6) is 11.6 Å². The normalized spacial score (nSPS) is 20.8. The van der Waals surface area contributed by atoms with Crippen LogP contribution in [-0.4, -0.2) is 27.7 Å². The average Bonchev–Trinajstić information content (AvgIpc) is 3.32. The largest absolute Gasteiger partial charge is 0.438 e. The number of ether oxygens (including phenoxy) is 1. The van der Waals surface area contributed by atoms with E-state index in [1.54, 1.807) is 42.1 Å². The summed E-state index contributed by atoms with van der Waals surface area (Å²) < 4.78 is 10.6. The first-order valence-electron chi connectivity index (χ1n) is 9.57. The van der Waals surface area contributed by atoms with Crippen LogP contribution in [0.2, 0.25) is 0 Å². The van der Waals surface area contributed by atoms with Crippen molar-refractivity contribution in [2.45, 2.75) is 25.7 Å². The topological polar surface area (TPSA) is 90.1 Å². The van der Waals surface area contributed by atoms with Crippen molar-refractivity contribution in [3.8, 4) is 11.6 Å². The maximum Gasteiger partial charge on any atom is 0.256 e. The molecule has 1 N–H and O–H groups in total. The quantitative estimate of drug-likeness (QED) is 0.680. The zero-order valence-electron chi connectivity index (χ0n) is 15.3. The molecule has 142 valence electrons. The molecule has 2 atom stereocenters. The van der Waals surface area contributed by atoms with Crippen LogP contribution in [0.3, 0.4) is 0 Å². The van der Waals surface area contributed by atoms with Gasteiger partial charge in [0.1, 0.15) is 22.3 Å². The standard InChI is InChI=1S/C21H20N4O3/c26-20(23-12-15-9-13-3-4-14(8-13)10-15)17-2-1-7-22-21(17)27-16-5-6-18-19(11-16)25-28-24-18/h1-2,5-8,11,13,15H,3-4,9-10,12H2,(H,23,26). The van der Waals surface area contributed by atoms with Gasteiger partial charge < -0.3 is 10.1 Å². The van der Waals surface area contributed by atoms with Crippen molar-refractivity contribution in [2.75, 3.05) is 6.54 Å². The van der Waals surface area contributed by atoms with Gasteiger partial charge in [-0.2, -0.15) is 0 Å². The summed E-state index contributed by atoms with van der Waals surface area (Å²) in [5.74, 6) is 1.83. The van der Waals surface area contributed by atoms with Crippen molar-refractivity contribution >= 4 is 16.9 Å². The Kier molecular flexibility index (Phi) is 4.27. The highest BCUT2D eigenvalue weighted by atomic mass is 16.6. The molecule has 28 heavy (non-hydrogen) atoms. The summed E-state index contributed by atoms with van der Waals surface area (Å²) in [6.07, 6.45) is 8.78. The molecule has 2 heterocycles. The maximum atomic E-state index is 12.8. The summed E-state index contributed by atoms with van der Waals surface area (Å²) in [5.41, 5.74) is 3.20. The number of hydrogen-bond donors (Lipinski definition) is 1. The highest BCUT2D eigenvalue weighted by Gasteiger charge is 2.27. The zero-order valence-corrected chi connectivity index (χ0v) is 15.3. The molecule has 0 saturated carbocycles. The first kappa shape index (κ1) is 16.9. The third kappa shape index (κ3) is 3.35. The number of carbonyl (C=O) groups excluding carboxylic acids is 1. The van der Waals surface area contributed by atoms with E-state index in [0.717, 1.165) is 12.8 Å². The van der Waals surface area contributed by atoms with E-state index in [0.29, 0.717) is 40.7 Å². The van der Waals surface area contributed by atoms with E-state index < -0.39 is 0 Å². The molecule has 2 aliphatic rings. The maximum absolute atomic E-state index is 12.8. The lowest BCUT2D eigenvalue weighted by molar-refractivity contribution is 0.0942. The lowest BCUT2D eigenvalue weighted by Crippen LogP contribution is -2.31. The van der Waals surface area contributed by atoms with Crippen LogP contribution in [0, 0.1) is 11.8 Å². The fourth-order valence-electron chi connectivity index (χ4n) is 4.18. The average molecular weight is 376 g/mol. The summed E-state index contributed by atoms with van der Waals surface area (Å²) in [4.78, 5) is 17.0. The summed E-state index contributed by atoms with van der Waals surface area (Å²) in [6.45, 7) is 0.678. The van der Waals surface area contributed by atoms with Crippen molar-refractivity contribution in [1.29, 1.82) is 0 Å². The molecule has 0 fully saturated rings. The molecule has 7 nitrogen and oxygen atoms in total. The van der Waals surface area contributed by atoms with Gasteiger partial charge in [-0.15, -0.1) is 0 Å². The number of carbonyl (C=O) groups is 1. The Hall–Kier alpha value is -3.22. The molecule has 1 aromatic carbocycles. The van der Waals surface area contributed by atoms with Gasteiger partial charge in [0.05, 0.1) is 0 Å². The highest BCUT2D eigenvalue weighted by Crippen LogP contribution is 2.39. The highest BCUT2D eigenvalue weighted by molar-refractivity contribution is 5.96. The lowest BCUT2D eigenvalue weighted by atomic mass is 9.87. The minimum absolute atomic E-state index is 0.167. The molecule has 2 bridgehead atoms. The van der Waals surface area contributed by atoms with Crippen LogP contribution in [0.1, 0.15) is 36.0 Å². The van der Waals surface area contributed by atoms with Gasteiger partial charge in [0.15, 0.2) is 0 Å². The van der Waals surface area contributed by atoms with Gasteiger partial charge in [-0.05, 0) is 72.1 Å². The summed E-state index contributed by atoms with van der Waals surface area (Å²) in [7, 11) is 0. The van der Waals surface area contributed by atoms with Crippen LogP contribution in [0.15, 0.2) is 52.8 Å². The van der Waals surface area contributed by atoms with Crippen molar-refractivity contribution in [1.82, 2.24) is 20.6 Å². The Balaban J connectivity index is 1.28. The molecular weight excluding hydrogens is 356 g/mol. The second-order valence-electron chi connectivity index (χ2n) is 7.51. The van der Waals surface area contributed by atoms with Crippen LogP contribution in [-0.2, 0) is 0 Å². The Morgan fingerprint density at radius 1 is 1.25 bits per heavy atom.